The number of piperidine rings is 1. The maximum atomic E-state index is 13.6. The summed E-state index contributed by atoms with van der Waals surface area (Å²) in [5, 5.41) is 12.9. The van der Waals surface area contributed by atoms with Crippen LogP contribution in [-0.4, -0.2) is 94.4 Å². The first-order valence-electron chi connectivity index (χ1n) is 19.0. The minimum absolute atomic E-state index is 0.0940. The van der Waals surface area contributed by atoms with Crippen LogP contribution in [0.25, 0.3) is 28.1 Å². The monoisotopic (exact) mass is 808 g/mol. The number of rotatable bonds is 13. The molecule has 8 atom stereocenters. The molecule has 16 heteroatoms. The molecule has 1 aliphatic carbocycles. The normalized spacial score (nSPS) is 21.8. The number of halogens is 2. The number of carbonyl (C=O) groups excluding carboxylic acids is 4. The third-order valence-electron chi connectivity index (χ3n) is 11.1. The molecule has 1 saturated heterocycles. The van der Waals surface area contributed by atoms with Gasteiger partial charge in [0.1, 0.15) is 40.1 Å². The van der Waals surface area contributed by atoms with E-state index in [-0.39, 0.29) is 42.1 Å². The standard InChI is InChI=1S/C40H50Cl2N8O6/c1-8-20(3)49(37(51)21(4)43-39(53)55-6)28(9-2)35-45-31(33(41)47-35)25-14-10-23(11-15-25)24-12-16-26(17-13-24)32-34(42)48-36(46-32)30-19-27-18-29(27)50(30)38(52)22(5)44-40(54)56-7/h10-17,20-22,27-30,35,45,47H,8-9,18-19H2,1-7H3,(H,43,53)(H,44,54)(H,46,48)/t20?,21-,22-,27+,28-,29+,30-,35?/m0/s1. The van der Waals surface area contributed by atoms with Crippen molar-refractivity contribution in [3.8, 4) is 22.4 Å². The van der Waals surface area contributed by atoms with E-state index in [0.717, 1.165) is 47.2 Å². The Morgan fingerprint density at radius 1 is 0.839 bits per heavy atom. The Bertz CT molecular complexity index is 1970. The maximum absolute atomic E-state index is 13.6. The largest absolute Gasteiger partial charge is 0.453 e. The molecule has 2 aromatic carbocycles. The Kier molecular flexibility index (Phi) is 12.4. The zero-order valence-corrected chi connectivity index (χ0v) is 34.1. The number of hydrogen-bond acceptors (Lipinski definition) is 9. The van der Waals surface area contributed by atoms with Crippen molar-refractivity contribution in [2.75, 3.05) is 14.2 Å². The number of nitrogens with zero attached hydrogens (tertiary/aromatic N) is 3. The molecule has 3 heterocycles. The number of imidazole rings is 1. The molecule has 300 valence electrons. The van der Waals surface area contributed by atoms with Crippen molar-refractivity contribution in [3.05, 3.63) is 70.2 Å². The number of likely N-dealkylation sites (tertiary alicyclic amines) is 1. The second-order valence-electron chi connectivity index (χ2n) is 14.6. The van der Waals surface area contributed by atoms with Crippen LogP contribution in [0.1, 0.15) is 77.7 Å². The molecule has 56 heavy (non-hydrogen) atoms. The van der Waals surface area contributed by atoms with Crippen LogP contribution < -0.4 is 21.3 Å². The number of H-pyrrole nitrogens is 1. The number of alkyl carbamates (subject to hydrolysis) is 2. The highest BCUT2D eigenvalue weighted by Crippen LogP contribution is 2.53. The summed E-state index contributed by atoms with van der Waals surface area (Å²) in [7, 11) is 2.53. The predicted molar refractivity (Wildman–Crippen MR) is 214 cm³/mol. The molecule has 6 rings (SSSR count). The average molecular weight is 810 g/mol. The molecular formula is C40H50Cl2N8O6. The van der Waals surface area contributed by atoms with Crippen LogP contribution in [0.5, 0.6) is 0 Å². The van der Waals surface area contributed by atoms with Crippen LogP contribution >= 0.6 is 23.2 Å². The van der Waals surface area contributed by atoms with E-state index in [4.69, 9.17) is 32.9 Å². The first-order chi connectivity index (χ1) is 26.8. The maximum Gasteiger partial charge on any atom is 0.407 e. The van der Waals surface area contributed by atoms with Crippen LogP contribution in [0.4, 0.5) is 9.59 Å². The van der Waals surface area contributed by atoms with Gasteiger partial charge in [0.05, 0.1) is 32.0 Å². The molecule has 5 N–H and O–H groups in total. The Hall–Kier alpha value is -4.95. The van der Waals surface area contributed by atoms with E-state index in [9.17, 15) is 19.2 Å². The van der Waals surface area contributed by atoms with Crippen molar-refractivity contribution in [2.24, 2.45) is 5.92 Å². The average Bonchev–Trinajstić information content (AvgIpc) is 3.47. The summed E-state index contributed by atoms with van der Waals surface area (Å²) in [5.74, 6) is 0.632. The van der Waals surface area contributed by atoms with Crippen molar-refractivity contribution in [3.63, 3.8) is 0 Å². The Balaban J connectivity index is 1.13. The summed E-state index contributed by atoms with van der Waals surface area (Å²) < 4.78 is 9.39. The Labute approximate surface area is 337 Å². The number of benzene rings is 2. The summed E-state index contributed by atoms with van der Waals surface area (Å²) in [6.07, 6.45) is 1.40. The lowest BCUT2D eigenvalue weighted by molar-refractivity contribution is -0.139. The third kappa shape index (κ3) is 8.27. The molecule has 4 amide bonds. The summed E-state index contributed by atoms with van der Waals surface area (Å²) in [5.41, 5.74) is 5.02. The van der Waals surface area contributed by atoms with Gasteiger partial charge in [-0.1, -0.05) is 85.6 Å². The number of carbonyl (C=O) groups is 4. The van der Waals surface area contributed by atoms with Crippen molar-refractivity contribution < 1.29 is 28.7 Å². The molecule has 2 aliphatic heterocycles. The quantitative estimate of drug-likeness (QED) is 0.124. The van der Waals surface area contributed by atoms with Gasteiger partial charge in [0.15, 0.2) is 0 Å². The molecule has 1 aromatic heterocycles. The highest BCUT2D eigenvalue weighted by atomic mass is 35.5. The number of aromatic amines is 1. The van der Waals surface area contributed by atoms with Gasteiger partial charge in [-0.15, -0.1) is 0 Å². The number of aromatic nitrogens is 2. The topological polar surface area (TPSA) is 170 Å². The summed E-state index contributed by atoms with van der Waals surface area (Å²) in [6.45, 7) is 9.34. The van der Waals surface area contributed by atoms with Gasteiger partial charge in [-0.2, -0.15) is 0 Å². The second-order valence-corrected chi connectivity index (χ2v) is 15.4. The van der Waals surface area contributed by atoms with E-state index in [0.29, 0.717) is 34.2 Å². The molecule has 0 spiro atoms. The molecule has 3 aliphatic rings. The van der Waals surface area contributed by atoms with Crippen LogP contribution in [0.2, 0.25) is 5.15 Å². The third-order valence-corrected chi connectivity index (χ3v) is 11.7. The van der Waals surface area contributed by atoms with E-state index in [1.54, 1.807) is 13.8 Å². The van der Waals surface area contributed by atoms with Gasteiger partial charge in [0.2, 0.25) is 11.8 Å². The minimum Gasteiger partial charge on any atom is -0.453 e. The summed E-state index contributed by atoms with van der Waals surface area (Å²) in [4.78, 5) is 62.4. The summed E-state index contributed by atoms with van der Waals surface area (Å²) >= 11 is 13.5. The fourth-order valence-corrected chi connectivity index (χ4v) is 8.32. The van der Waals surface area contributed by atoms with Gasteiger partial charge < -0.3 is 45.5 Å². The molecule has 0 radical (unpaired) electrons. The van der Waals surface area contributed by atoms with Gasteiger partial charge in [0.25, 0.3) is 0 Å². The van der Waals surface area contributed by atoms with Crippen molar-refractivity contribution in [1.82, 2.24) is 41.0 Å². The lowest BCUT2D eigenvalue weighted by atomic mass is 10.0. The number of methoxy groups -OCH3 is 2. The highest BCUT2D eigenvalue weighted by Gasteiger charge is 2.56. The summed E-state index contributed by atoms with van der Waals surface area (Å²) in [6, 6.07) is 14.0. The highest BCUT2D eigenvalue weighted by molar-refractivity contribution is 6.32. The lowest BCUT2D eigenvalue weighted by Gasteiger charge is -2.40. The van der Waals surface area contributed by atoms with Crippen LogP contribution in [0.15, 0.2) is 53.7 Å². The van der Waals surface area contributed by atoms with Gasteiger partial charge in [0, 0.05) is 23.2 Å². The van der Waals surface area contributed by atoms with Crippen molar-refractivity contribution in [1.29, 1.82) is 0 Å². The number of fused-ring (bicyclic) bond motifs is 1. The SMILES string of the molecule is CCC(C)N(C(=O)[C@H](C)NC(=O)OC)[C@@H](CC)C1NC(Cl)=C(c2ccc(-c3ccc(-c4nc([C@@H]5C[C@H]6C[C@H]6N5C(=O)[C@H](C)NC(=O)OC)[nH]c4Cl)cc3)cc2)N1. The number of hydrogen-bond donors (Lipinski definition) is 5. The molecule has 14 nitrogen and oxygen atoms in total. The van der Waals surface area contributed by atoms with E-state index in [2.05, 4.69) is 31.0 Å². The van der Waals surface area contributed by atoms with Gasteiger partial charge >= 0.3 is 12.2 Å². The molecule has 1 saturated carbocycles. The Morgan fingerprint density at radius 3 is 1.98 bits per heavy atom. The van der Waals surface area contributed by atoms with E-state index < -0.39 is 24.3 Å². The van der Waals surface area contributed by atoms with E-state index in [1.807, 2.05) is 79.1 Å². The van der Waals surface area contributed by atoms with Gasteiger partial charge in [-0.3, -0.25) is 9.59 Å². The first-order valence-corrected chi connectivity index (χ1v) is 19.8. The predicted octanol–water partition coefficient (Wildman–Crippen LogP) is 6.34. The Morgan fingerprint density at radius 2 is 1.41 bits per heavy atom. The first kappa shape index (κ1) is 40.7. The number of amides is 4. The van der Waals surface area contributed by atoms with E-state index in [1.165, 1.54) is 14.2 Å². The zero-order chi connectivity index (χ0) is 40.4. The molecule has 2 unspecified atom stereocenters. The van der Waals surface area contributed by atoms with Crippen LogP contribution in [-0.2, 0) is 19.1 Å². The van der Waals surface area contributed by atoms with E-state index >= 15 is 0 Å². The minimum atomic E-state index is -0.774. The lowest BCUT2D eigenvalue weighted by Crippen LogP contribution is -2.60. The van der Waals surface area contributed by atoms with Gasteiger partial charge in [-0.05, 0) is 63.5 Å². The van der Waals surface area contributed by atoms with Crippen LogP contribution in [0, 0.1) is 5.92 Å². The van der Waals surface area contributed by atoms with Crippen LogP contribution in [0.3, 0.4) is 0 Å². The molecule has 2 fully saturated rings. The molecular weight excluding hydrogens is 759 g/mol. The van der Waals surface area contributed by atoms with Crippen molar-refractivity contribution >= 4 is 52.9 Å². The number of ether oxygens (including phenoxy) is 2. The van der Waals surface area contributed by atoms with Gasteiger partial charge in [-0.25, -0.2) is 14.6 Å². The van der Waals surface area contributed by atoms with Crippen molar-refractivity contribution in [2.45, 2.75) is 103 Å². The fraction of sp³-hybridized carbons (Fsp3) is 0.475. The smallest absolute Gasteiger partial charge is 0.407 e. The molecule has 3 aromatic rings. The fourth-order valence-electron chi connectivity index (χ4n) is 7.79. The molecule has 0 bridgehead atoms. The number of nitrogens with one attached hydrogen (secondary N) is 5. The second kappa shape index (κ2) is 17.0. The zero-order valence-electron chi connectivity index (χ0n) is 32.6.